The van der Waals surface area contributed by atoms with Gasteiger partial charge in [0.2, 0.25) is 5.91 Å². The summed E-state index contributed by atoms with van der Waals surface area (Å²) >= 11 is 0. The third-order valence-corrected chi connectivity index (χ3v) is 5.27. The normalized spacial score (nSPS) is 25.8. The number of allylic oxidation sites excluding steroid dienone is 3. The molecular weight excluding hydrogens is 308 g/mol. The molecule has 1 aromatic rings. The SMILES string of the molecule is CC.CCC1CC=CC=C1CC1(C)C(=O)NCN1Cc1ccccc1. The molecule has 0 saturated carbocycles. The predicted octanol–water partition coefficient (Wildman–Crippen LogP) is 4.66. The third-order valence-electron chi connectivity index (χ3n) is 5.27. The van der Waals surface area contributed by atoms with Crippen molar-refractivity contribution in [1.29, 1.82) is 0 Å². The first-order valence-electron chi connectivity index (χ1n) is 9.56. The van der Waals surface area contributed by atoms with E-state index < -0.39 is 5.54 Å². The molecule has 1 amide bonds. The van der Waals surface area contributed by atoms with Crippen molar-refractivity contribution in [3.8, 4) is 0 Å². The molecule has 25 heavy (non-hydrogen) atoms. The zero-order valence-corrected chi connectivity index (χ0v) is 16.1. The number of hydrogen-bond acceptors (Lipinski definition) is 2. The van der Waals surface area contributed by atoms with Crippen LogP contribution in [0.3, 0.4) is 0 Å². The Morgan fingerprint density at radius 2 is 1.96 bits per heavy atom. The molecule has 2 unspecified atom stereocenters. The summed E-state index contributed by atoms with van der Waals surface area (Å²) < 4.78 is 0. The Morgan fingerprint density at radius 1 is 1.24 bits per heavy atom. The Labute approximate surface area is 152 Å². The van der Waals surface area contributed by atoms with Crippen molar-refractivity contribution in [2.24, 2.45) is 5.92 Å². The smallest absolute Gasteiger partial charge is 0.241 e. The van der Waals surface area contributed by atoms with Gasteiger partial charge in [0.15, 0.2) is 0 Å². The lowest BCUT2D eigenvalue weighted by Gasteiger charge is -2.35. The van der Waals surface area contributed by atoms with E-state index in [0.29, 0.717) is 12.6 Å². The minimum absolute atomic E-state index is 0.152. The fourth-order valence-electron chi connectivity index (χ4n) is 3.65. The van der Waals surface area contributed by atoms with Crippen LogP contribution < -0.4 is 5.32 Å². The quantitative estimate of drug-likeness (QED) is 0.845. The number of benzene rings is 1. The molecule has 3 nitrogen and oxygen atoms in total. The van der Waals surface area contributed by atoms with Crippen LogP contribution in [0.25, 0.3) is 0 Å². The second kappa shape index (κ2) is 9.00. The number of nitrogens with one attached hydrogen (secondary N) is 1. The van der Waals surface area contributed by atoms with E-state index in [2.05, 4.69) is 66.6 Å². The molecule has 1 fully saturated rings. The minimum atomic E-state index is -0.458. The summed E-state index contributed by atoms with van der Waals surface area (Å²) in [5.41, 5.74) is 2.20. The van der Waals surface area contributed by atoms with Gasteiger partial charge in [-0.3, -0.25) is 9.69 Å². The first kappa shape index (κ1) is 19.5. The topological polar surface area (TPSA) is 32.3 Å². The Morgan fingerprint density at radius 3 is 2.64 bits per heavy atom. The monoisotopic (exact) mass is 340 g/mol. The summed E-state index contributed by atoms with van der Waals surface area (Å²) in [6.07, 6.45) is 9.63. The van der Waals surface area contributed by atoms with Crippen molar-refractivity contribution >= 4 is 5.91 Å². The summed E-state index contributed by atoms with van der Waals surface area (Å²) in [6, 6.07) is 10.4. The molecule has 1 aliphatic heterocycles. The average Bonchev–Trinajstić information content (AvgIpc) is 2.93. The van der Waals surface area contributed by atoms with Crippen LogP contribution in [0.4, 0.5) is 0 Å². The van der Waals surface area contributed by atoms with E-state index in [-0.39, 0.29) is 5.91 Å². The molecule has 1 saturated heterocycles. The lowest BCUT2D eigenvalue weighted by Crippen LogP contribution is -2.46. The number of carbonyl (C=O) groups excluding carboxylic acids is 1. The van der Waals surface area contributed by atoms with Gasteiger partial charge in [-0.25, -0.2) is 0 Å². The van der Waals surface area contributed by atoms with E-state index in [1.54, 1.807) is 0 Å². The molecule has 2 atom stereocenters. The van der Waals surface area contributed by atoms with Crippen LogP contribution in [0, 0.1) is 5.92 Å². The average molecular weight is 341 g/mol. The van der Waals surface area contributed by atoms with Gasteiger partial charge in [-0.1, -0.05) is 74.9 Å². The maximum atomic E-state index is 12.6. The summed E-state index contributed by atoms with van der Waals surface area (Å²) in [7, 11) is 0. The Balaban J connectivity index is 0.00000109. The Hall–Kier alpha value is -1.87. The first-order valence-corrected chi connectivity index (χ1v) is 9.56. The van der Waals surface area contributed by atoms with Gasteiger partial charge in [0.05, 0.1) is 6.67 Å². The van der Waals surface area contributed by atoms with Gasteiger partial charge in [-0.2, -0.15) is 0 Å². The van der Waals surface area contributed by atoms with E-state index in [0.717, 1.165) is 25.8 Å². The summed E-state index contributed by atoms with van der Waals surface area (Å²) in [6.45, 7) is 9.75. The van der Waals surface area contributed by atoms with Crippen LogP contribution >= 0.6 is 0 Å². The lowest BCUT2D eigenvalue weighted by molar-refractivity contribution is -0.126. The van der Waals surface area contributed by atoms with Gasteiger partial charge in [0.1, 0.15) is 5.54 Å². The van der Waals surface area contributed by atoms with E-state index in [1.165, 1.54) is 11.1 Å². The third kappa shape index (κ3) is 4.40. The van der Waals surface area contributed by atoms with Crippen molar-refractivity contribution in [2.45, 2.75) is 59.0 Å². The molecule has 1 heterocycles. The maximum absolute atomic E-state index is 12.6. The van der Waals surface area contributed by atoms with Gasteiger partial charge < -0.3 is 5.32 Å². The zero-order chi connectivity index (χ0) is 18.3. The molecule has 3 rings (SSSR count). The summed E-state index contributed by atoms with van der Waals surface area (Å²) in [5.74, 6) is 0.725. The maximum Gasteiger partial charge on any atom is 0.241 e. The highest BCUT2D eigenvalue weighted by atomic mass is 16.2. The number of rotatable bonds is 5. The molecule has 3 heteroatoms. The van der Waals surface area contributed by atoms with Crippen LogP contribution in [0.15, 0.2) is 54.1 Å². The fraction of sp³-hybridized carbons (Fsp3) is 0.500. The summed E-state index contributed by atoms with van der Waals surface area (Å²) in [5, 5.41) is 3.04. The van der Waals surface area contributed by atoms with Gasteiger partial charge >= 0.3 is 0 Å². The molecule has 136 valence electrons. The largest absolute Gasteiger partial charge is 0.342 e. The van der Waals surface area contributed by atoms with Crippen LogP contribution in [0.5, 0.6) is 0 Å². The highest BCUT2D eigenvalue weighted by Gasteiger charge is 2.45. The zero-order valence-electron chi connectivity index (χ0n) is 16.1. The molecule has 1 aliphatic carbocycles. The molecule has 2 aliphatic rings. The molecule has 1 N–H and O–H groups in total. The Kier molecular flexibility index (Phi) is 7.01. The van der Waals surface area contributed by atoms with Crippen LogP contribution in [0.2, 0.25) is 0 Å². The highest BCUT2D eigenvalue weighted by molar-refractivity contribution is 5.88. The van der Waals surface area contributed by atoms with E-state index in [4.69, 9.17) is 0 Å². The van der Waals surface area contributed by atoms with Crippen molar-refractivity contribution in [1.82, 2.24) is 10.2 Å². The standard InChI is InChI=1S/C20H26N2O.C2H6/c1-3-17-11-7-8-12-18(17)13-20(2)19(23)21-15-22(20)14-16-9-5-4-6-10-16;1-2/h4-10,12,17H,3,11,13-15H2,1-2H3,(H,21,23);1-2H3. The first-order chi connectivity index (χ1) is 12.1. The van der Waals surface area contributed by atoms with Crippen LogP contribution in [-0.2, 0) is 11.3 Å². The van der Waals surface area contributed by atoms with Crippen molar-refractivity contribution in [3.05, 3.63) is 59.7 Å². The number of amides is 1. The molecule has 0 spiro atoms. The fourth-order valence-corrected chi connectivity index (χ4v) is 3.65. The summed E-state index contributed by atoms with van der Waals surface area (Å²) in [4.78, 5) is 14.8. The Bertz CT molecular complexity index is 620. The van der Waals surface area contributed by atoms with Gasteiger partial charge in [-0.15, -0.1) is 0 Å². The van der Waals surface area contributed by atoms with E-state index in [9.17, 15) is 4.79 Å². The molecule has 1 aromatic carbocycles. The van der Waals surface area contributed by atoms with Crippen molar-refractivity contribution in [3.63, 3.8) is 0 Å². The minimum Gasteiger partial charge on any atom is -0.342 e. The predicted molar refractivity (Wildman–Crippen MR) is 105 cm³/mol. The number of hydrogen-bond donors (Lipinski definition) is 1. The molecule has 0 bridgehead atoms. The van der Waals surface area contributed by atoms with E-state index in [1.807, 2.05) is 19.9 Å². The lowest BCUT2D eigenvalue weighted by atomic mass is 9.80. The van der Waals surface area contributed by atoms with Crippen LogP contribution in [0.1, 0.15) is 52.5 Å². The van der Waals surface area contributed by atoms with Crippen molar-refractivity contribution in [2.75, 3.05) is 6.67 Å². The molecular formula is C22H32N2O. The highest BCUT2D eigenvalue weighted by Crippen LogP contribution is 2.35. The molecule has 0 radical (unpaired) electrons. The van der Waals surface area contributed by atoms with Crippen LogP contribution in [-0.4, -0.2) is 23.0 Å². The van der Waals surface area contributed by atoms with Gasteiger partial charge in [0, 0.05) is 6.54 Å². The number of carbonyl (C=O) groups is 1. The van der Waals surface area contributed by atoms with Crippen molar-refractivity contribution < 1.29 is 4.79 Å². The van der Waals surface area contributed by atoms with E-state index >= 15 is 0 Å². The second-order valence-electron chi connectivity index (χ2n) is 6.81. The van der Waals surface area contributed by atoms with Gasteiger partial charge in [-0.05, 0) is 37.7 Å². The number of nitrogens with zero attached hydrogens (tertiary/aromatic N) is 1. The van der Waals surface area contributed by atoms with Gasteiger partial charge in [0.25, 0.3) is 0 Å². The second-order valence-corrected chi connectivity index (χ2v) is 6.81. The molecule has 0 aromatic heterocycles.